The third-order valence-electron chi connectivity index (χ3n) is 6.23. The van der Waals surface area contributed by atoms with Gasteiger partial charge in [-0.2, -0.15) is 0 Å². The van der Waals surface area contributed by atoms with Crippen LogP contribution in [0.25, 0.3) is 0 Å². The first-order valence-corrected chi connectivity index (χ1v) is 11.3. The number of hydrogen-bond acceptors (Lipinski definition) is 4. The second-order valence-electron chi connectivity index (χ2n) is 8.82. The standard InChI is InChI=1S/C25H30N4O4/c1-5-28-19-14-29(22(15(2)3)23(30)26-13-18-7-6-12-33-18)24(31)20(19)21(27-25(28)32)17-10-8-16(4)9-11-17/h6-12,15,21-22H,5,13-14H2,1-4H3,(H,26,30)(H,27,32). The van der Waals surface area contributed by atoms with Crippen molar-refractivity contribution in [1.29, 1.82) is 0 Å². The average Bonchev–Trinajstić information content (AvgIpc) is 3.41. The zero-order chi connectivity index (χ0) is 23.7. The Labute approximate surface area is 193 Å². The summed E-state index contributed by atoms with van der Waals surface area (Å²) in [5.41, 5.74) is 3.14. The van der Waals surface area contributed by atoms with Gasteiger partial charge in [-0.15, -0.1) is 0 Å². The molecule has 0 spiro atoms. The van der Waals surface area contributed by atoms with Crippen molar-refractivity contribution >= 4 is 17.8 Å². The molecule has 0 saturated carbocycles. The minimum absolute atomic E-state index is 0.122. The Balaban J connectivity index is 1.64. The van der Waals surface area contributed by atoms with E-state index in [1.165, 1.54) is 0 Å². The summed E-state index contributed by atoms with van der Waals surface area (Å²) in [5.74, 6) is 0.0515. The Kier molecular flexibility index (Phi) is 6.26. The van der Waals surface area contributed by atoms with Gasteiger partial charge in [0.05, 0.1) is 36.7 Å². The maximum Gasteiger partial charge on any atom is 0.322 e. The van der Waals surface area contributed by atoms with Crippen LogP contribution in [0.1, 0.15) is 43.7 Å². The van der Waals surface area contributed by atoms with Gasteiger partial charge in [0.25, 0.3) is 5.91 Å². The maximum absolute atomic E-state index is 13.7. The largest absolute Gasteiger partial charge is 0.467 e. The molecule has 2 atom stereocenters. The molecule has 0 radical (unpaired) electrons. The third-order valence-corrected chi connectivity index (χ3v) is 6.23. The second kappa shape index (κ2) is 9.13. The highest BCUT2D eigenvalue weighted by Gasteiger charge is 2.47. The molecule has 0 fully saturated rings. The third kappa shape index (κ3) is 4.25. The number of likely N-dealkylation sites (N-methyl/N-ethyl adjacent to an activating group) is 1. The number of benzene rings is 1. The number of nitrogens with one attached hydrogen (secondary N) is 2. The fraction of sp³-hybridized carbons (Fsp3) is 0.400. The highest BCUT2D eigenvalue weighted by Crippen LogP contribution is 2.37. The van der Waals surface area contributed by atoms with Crippen molar-refractivity contribution in [2.24, 2.45) is 5.92 Å². The first kappa shape index (κ1) is 22.6. The first-order chi connectivity index (χ1) is 15.8. The Morgan fingerprint density at radius 1 is 1.21 bits per heavy atom. The lowest BCUT2D eigenvalue weighted by Crippen LogP contribution is -2.51. The van der Waals surface area contributed by atoms with E-state index in [-0.39, 0.29) is 36.9 Å². The average molecular weight is 451 g/mol. The minimum Gasteiger partial charge on any atom is -0.467 e. The molecule has 0 saturated heterocycles. The number of furan rings is 1. The van der Waals surface area contributed by atoms with Gasteiger partial charge in [0, 0.05) is 6.54 Å². The van der Waals surface area contributed by atoms with Gasteiger partial charge in [-0.25, -0.2) is 4.79 Å². The normalized spacial score (nSPS) is 19.1. The number of urea groups is 1. The van der Waals surface area contributed by atoms with Crippen LogP contribution >= 0.6 is 0 Å². The van der Waals surface area contributed by atoms with Crippen molar-refractivity contribution in [3.05, 3.63) is 70.8 Å². The van der Waals surface area contributed by atoms with E-state index < -0.39 is 12.1 Å². The Morgan fingerprint density at radius 3 is 2.55 bits per heavy atom. The van der Waals surface area contributed by atoms with Crippen molar-refractivity contribution < 1.29 is 18.8 Å². The van der Waals surface area contributed by atoms with Gasteiger partial charge < -0.3 is 20.0 Å². The van der Waals surface area contributed by atoms with Gasteiger partial charge in [0.2, 0.25) is 5.91 Å². The van der Waals surface area contributed by atoms with Gasteiger partial charge >= 0.3 is 6.03 Å². The van der Waals surface area contributed by atoms with E-state index >= 15 is 0 Å². The van der Waals surface area contributed by atoms with Crippen LogP contribution in [0.5, 0.6) is 0 Å². The molecule has 4 amide bonds. The van der Waals surface area contributed by atoms with Gasteiger partial charge in [-0.1, -0.05) is 43.7 Å². The number of rotatable bonds is 7. The molecule has 33 heavy (non-hydrogen) atoms. The van der Waals surface area contributed by atoms with Crippen LogP contribution in [0.4, 0.5) is 4.79 Å². The topological polar surface area (TPSA) is 94.9 Å². The number of hydrogen-bond donors (Lipinski definition) is 2. The van der Waals surface area contributed by atoms with Gasteiger partial charge in [0.15, 0.2) is 0 Å². The predicted molar refractivity (Wildman–Crippen MR) is 123 cm³/mol. The summed E-state index contributed by atoms with van der Waals surface area (Å²) in [6.45, 7) is 8.60. The number of nitrogens with zero attached hydrogens (tertiary/aromatic N) is 2. The summed E-state index contributed by atoms with van der Waals surface area (Å²) >= 11 is 0. The molecule has 2 aliphatic heterocycles. The lowest BCUT2D eigenvalue weighted by molar-refractivity contribution is -0.138. The lowest BCUT2D eigenvalue weighted by Gasteiger charge is -2.33. The molecular weight excluding hydrogens is 420 g/mol. The van der Waals surface area contributed by atoms with Crippen LogP contribution in [0.3, 0.4) is 0 Å². The number of carbonyl (C=O) groups is 3. The second-order valence-corrected chi connectivity index (χ2v) is 8.82. The first-order valence-electron chi connectivity index (χ1n) is 11.3. The smallest absolute Gasteiger partial charge is 0.322 e. The highest BCUT2D eigenvalue weighted by atomic mass is 16.3. The zero-order valence-corrected chi connectivity index (χ0v) is 19.4. The van der Waals surface area contributed by atoms with Crippen molar-refractivity contribution in [2.45, 2.75) is 46.3 Å². The van der Waals surface area contributed by atoms with E-state index in [9.17, 15) is 14.4 Å². The number of carbonyl (C=O) groups excluding carboxylic acids is 3. The molecule has 2 N–H and O–H groups in total. The molecule has 174 valence electrons. The van der Waals surface area contributed by atoms with Crippen LogP contribution in [-0.4, -0.2) is 46.8 Å². The van der Waals surface area contributed by atoms with E-state index in [2.05, 4.69) is 10.6 Å². The van der Waals surface area contributed by atoms with E-state index in [1.54, 1.807) is 28.2 Å². The molecule has 1 aromatic carbocycles. The monoisotopic (exact) mass is 450 g/mol. The molecule has 0 aliphatic carbocycles. The van der Waals surface area contributed by atoms with Crippen molar-refractivity contribution in [1.82, 2.24) is 20.4 Å². The number of amides is 4. The highest BCUT2D eigenvalue weighted by molar-refractivity contribution is 6.03. The number of aryl methyl sites for hydroxylation is 1. The zero-order valence-electron chi connectivity index (χ0n) is 19.4. The summed E-state index contributed by atoms with van der Waals surface area (Å²) < 4.78 is 5.30. The predicted octanol–water partition coefficient (Wildman–Crippen LogP) is 3.11. The molecular formula is C25H30N4O4. The molecule has 4 rings (SSSR count). The van der Waals surface area contributed by atoms with Crippen LogP contribution in [-0.2, 0) is 16.1 Å². The minimum atomic E-state index is -0.675. The van der Waals surface area contributed by atoms with Gasteiger partial charge in [0.1, 0.15) is 11.8 Å². The molecule has 1 aromatic heterocycles. The lowest BCUT2D eigenvalue weighted by atomic mass is 9.94. The maximum atomic E-state index is 13.7. The van der Waals surface area contributed by atoms with E-state index in [1.807, 2.05) is 52.0 Å². The van der Waals surface area contributed by atoms with Gasteiger partial charge in [-0.3, -0.25) is 14.5 Å². The molecule has 2 unspecified atom stereocenters. The summed E-state index contributed by atoms with van der Waals surface area (Å²) in [5, 5.41) is 5.87. The van der Waals surface area contributed by atoms with Crippen molar-refractivity contribution in [3.8, 4) is 0 Å². The Bertz CT molecular complexity index is 1070. The van der Waals surface area contributed by atoms with Crippen molar-refractivity contribution in [3.63, 3.8) is 0 Å². The molecule has 0 bridgehead atoms. The van der Waals surface area contributed by atoms with E-state index in [4.69, 9.17) is 4.42 Å². The van der Waals surface area contributed by atoms with Gasteiger partial charge in [-0.05, 0) is 37.5 Å². The Morgan fingerprint density at radius 2 is 1.94 bits per heavy atom. The van der Waals surface area contributed by atoms with Crippen molar-refractivity contribution in [2.75, 3.05) is 13.1 Å². The van der Waals surface area contributed by atoms with E-state index in [0.29, 0.717) is 23.6 Å². The SMILES string of the molecule is CCN1C(=O)NC(c2ccc(C)cc2)C2=C1CN(C(C(=O)NCc1ccco1)C(C)C)C2=O. The fourth-order valence-corrected chi connectivity index (χ4v) is 4.58. The van der Waals surface area contributed by atoms with Crippen LogP contribution in [0.15, 0.2) is 58.3 Å². The molecule has 2 aromatic rings. The van der Waals surface area contributed by atoms with Crippen LogP contribution < -0.4 is 10.6 Å². The molecule has 8 heteroatoms. The summed E-state index contributed by atoms with van der Waals surface area (Å²) in [6.07, 6.45) is 1.55. The molecule has 3 heterocycles. The van der Waals surface area contributed by atoms with Crippen LogP contribution in [0, 0.1) is 12.8 Å². The van der Waals surface area contributed by atoms with Crippen LogP contribution in [0.2, 0.25) is 0 Å². The quantitative estimate of drug-likeness (QED) is 0.678. The summed E-state index contributed by atoms with van der Waals surface area (Å²) in [6, 6.07) is 9.87. The summed E-state index contributed by atoms with van der Waals surface area (Å²) in [4.78, 5) is 42.9. The Hall–Kier alpha value is -3.55. The molecule has 2 aliphatic rings. The molecule has 8 nitrogen and oxygen atoms in total. The van der Waals surface area contributed by atoms with E-state index in [0.717, 1.165) is 11.1 Å². The fourth-order valence-electron chi connectivity index (χ4n) is 4.58. The summed E-state index contributed by atoms with van der Waals surface area (Å²) in [7, 11) is 0.